The number of hydrogen-bond acceptors (Lipinski definition) is 2. The topological polar surface area (TPSA) is 32.3 Å². The Kier molecular flexibility index (Phi) is 2.59. The molecule has 0 amide bonds. The zero-order chi connectivity index (χ0) is 10.7. The minimum absolute atomic E-state index is 0.140. The molecule has 0 saturated carbocycles. The molecule has 0 aromatic heterocycles. The highest BCUT2D eigenvalue weighted by Gasteiger charge is 2.01. The minimum atomic E-state index is 0.140. The number of hydrogen-bond donors (Lipinski definition) is 2. The van der Waals surface area contributed by atoms with Gasteiger partial charge in [-0.2, -0.15) is 0 Å². The first kappa shape index (κ1) is 9.59. The molecule has 0 spiro atoms. The van der Waals surface area contributed by atoms with Crippen LogP contribution in [0, 0.1) is 13.0 Å². The van der Waals surface area contributed by atoms with Crippen molar-refractivity contribution in [1.82, 2.24) is 0 Å². The molecule has 2 nitrogen and oxygen atoms in total. The summed E-state index contributed by atoms with van der Waals surface area (Å²) in [4.78, 5) is 0. The van der Waals surface area contributed by atoms with Crippen LogP contribution in [-0.2, 0) is 0 Å². The van der Waals surface area contributed by atoms with Gasteiger partial charge in [0.2, 0.25) is 0 Å². The van der Waals surface area contributed by atoms with Crippen molar-refractivity contribution >= 4 is 11.4 Å². The second-order valence-corrected chi connectivity index (χ2v) is 3.37. The first-order chi connectivity index (χ1) is 7.27. The van der Waals surface area contributed by atoms with Crippen LogP contribution in [0.25, 0.3) is 0 Å². The lowest BCUT2D eigenvalue weighted by atomic mass is 10.2. The number of phenols is 1. The number of anilines is 2. The fourth-order valence-electron chi connectivity index (χ4n) is 1.39. The molecule has 0 atom stereocenters. The van der Waals surface area contributed by atoms with Crippen molar-refractivity contribution in [3.8, 4) is 5.75 Å². The van der Waals surface area contributed by atoms with Gasteiger partial charge in [-0.1, -0.05) is 30.3 Å². The van der Waals surface area contributed by atoms with Gasteiger partial charge < -0.3 is 10.4 Å². The highest BCUT2D eigenvalue weighted by Crippen LogP contribution is 2.26. The van der Waals surface area contributed by atoms with Crippen molar-refractivity contribution in [3.05, 3.63) is 54.1 Å². The van der Waals surface area contributed by atoms with Gasteiger partial charge in [0.1, 0.15) is 5.75 Å². The van der Waals surface area contributed by atoms with Gasteiger partial charge in [0.25, 0.3) is 0 Å². The van der Waals surface area contributed by atoms with Crippen LogP contribution in [0.4, 0.5) is 11.4 Å². The highest BCUT2D eigenvalue weighted by atomic mass is 16.3. The molecule has 0 aliphatic carbocycles. The van der Waals surface area contributed by atoms with Crippen molar-refractivity contribution in [2.45, 2.75) is 6.92 Å². The summed E-state index contributed by atoms with van der Waals surface area (Å²) in [5.41, 5.74) is 2.81. The molecule has 2 aromatic carbocycles. The maximum atomic E-state index is 9.54. The van der Waals surface area contributed by atoms with E-state index in [2.05, 4.69) is 11.4 Å². The van der Waals surface area contributed by atoms with Crippen LogP contribution >= 0.6 is 0 Å². The van der Waals surface area contributed by atoms with Crippen molar-refractivity contribution in [3.63, 3.8) is 0 Å². The van der Waals surface area contributed by atoms with E-state index in [1.165, 1.54) is 0 Å². The third-order valence-corrected chi connectivity index (χ3v) is 2.25. The summed E-state index contributed by atoms with van der Waals surface area (Å²) < 4.78 is 0. The quantitative estimate of drug-likeness (QED) is 0.726. The van der Waals surface area contributed by atoms with Crippen LogP contribution in [0.1, 0.15) is 5.56 Å². The lowest BCUT2D eigenvalue weighted by Gasteiger charge is -2.09. The van der Waals surface area contributed by atoms with E-state index in [9.17, 15) is 5.11 Å². The van der Waals surface area contributed by atoms with Gasteiger partial charge in [0.15, 0.2) is 0 Å². The lowest BCUT2D eigenvalue weighted by Crippen LogP contribution is -1.92. The summed E-state index contributed by atoms with van der Waals surface area (Å²) in [7, 11) is 0. The van der Waals surface area contributed by atoms with E-state index in [1.54, 1.807) is 6.07 Å². The second kappa shape index (κ2) is 4.05. The summed E-state index contributed by atoms with van der Waals surface area (Å²) in [6.07, 6.45) is 0. The Morgan fingerprint density at radius 2 is 1.80 bits per heavy atom. The van der Waals surface area contributed by atoms with E-state index < -0.39 is 0 Å². The zero-order valence-electron chi connectivity index (χ0n) is 8.49. The summed E-state index contributed by atoms with van der Waals surface area (Å²) in [6, 6.07) is 16.0. The Hall–Kier alpha value is -1.96. The molecule has 0 aliphatic heterocycles. The van der Waals surface area contributed by atoms with Gasteiger partial charge in [0, 0.05) is 11.8 Å². The molecule has 0 fully saturated rings. The summed E-state index contributed by atoms with van der Waals surface area (Å²) in [5, 5.41) is 12.7. The van der Waals surface area contributed by atoms with Crippen LogP contribution in [0.5, 0.6) is 5.75 Å². The first-order valence-corrected chi connectivity index (χ1v) is 4.79. The van der Waals surface area contributed by atoms with Crippen molar-refractivity contribution in [1.29, 1.82) is 0 Å². The van der Waals surface area contributed by atoms with Crippen molar-refractivity contribution < 1.29 is 5.11 Å². The van der Waals surface area contributed by atoms with Gasteiger partial charge in [-0.3, -0.25) is 0 Å². The van der Waals surface area contributed by atoms with Crippen molar-refractivity contribution in [2.24, 2.45) is 0 Å². The van der Waals surface area contributed by atoms with Gasteiger partial charge in [-0.15, -0.1) is 0 Å². The zero-order valence-corrected chi connectivity index (χ0v) is 8.49. The summed E-state index contributed by atoms with van der Waals surface area (Å²) in [6.45, 7) is 2.02. The molecule has 0 bridgehead atoms. The number of aryl methyl sites for hydroxylation is 1. The number of benzene rings is 2. The second-order valence-electron chi connectivity index (χ2n) is 3.37. The summed E-state index contributed by atoms with van der Waals surface area (Å²) >= 11 is 0. The normalized spacial score (nSPS) is 9.93. The standard InChI is InChI=1S/C13H12NO/c1-10-6-2-3-7-11(10)14-12-8-4-5-9-13(12)15/h2-8,14-15H,1H3. The Balaban J connectivity index is 2.30. The largest absolute Gasteiger partial charge is 0.505 e. The smallest absolute Gasteiger partial charge is 0.146 e. The van der Waals surface area contributed by atoms with E-state index >= 15 is 0 Å². The molecule has 0 unspecified atom stereocenters. The van der Waals surface area contributed by atoms with Crippen LogP contribution in [0.3, 0.4) is 0 Å². The van der Waals surface area contributed by atoms with E-state index in [0.29, 0.717) is 5.69 Å². The first-order valence-electron chi connectivity index (χ1n) is 4.79. The fraction of sp³-hybridized carbons (Fsp3) is 0.0769. The average molecular weight is 198 g/mol. The molecule has 2 rings (SSSR count). The average Bonchev–Trinajstić information content (AvgIpc) is 2.24. The molecule has 0 aliphatic rings. The van der Waals surface area contributed by atoms with Gasteiger partial charge in [-0.05, 0) is 24.6 Å². The SMILES string of the molecule is Cc1ccccc1Nc1ccc[c]c1O. The Labute approximate surface area is 89.2 Å². The van der Waals surface area contributed by atoms with Crippen molar-refractivity contribution in [2.75, 3.05) is 5.32 Å². The molecular weight excluding hydrogens is 186 g/mol. The highest BCUT2D eigenvalue weighted by molar-refractivity contribution is 5.67. The number of nitrogens with one attached hydrogen (secondary N) is 1. The maximum Gasteiger partial charge on any atom is 0.146 e. The van der Waals surface area contributed by atoms with Crippen LogP contribution in [0.2, 0.25) is 0 Å². The van der Waals surface area contributed by atoms with E-state index in [-0.39, 0.29) is 5.75 Å². The monoisotopic (exact) mass is 198 g/mol. The number of para-hydroxylation sites is 2. The minimum Gasteiger partial charge on any atom is -0.505 e. The van der Waals surface area contributed by atoms with Crippen LogP contribution in [0.15, 0.2) is 42.5 Å². The lowest BCUT2D eigenvalue weighted by molar-refractivity contribution is 0.476. The Morgan fingerprint density at radius 3 is 2.53 bits per heavy atom. The predicted octanol–water partition coefficient (Wildman–Crippen LogP) is 3.24. The predicted molar refractivity (Wildman–Crippen MR) is 61.4 cm³/mol. The molecule has 0 saturated heterocycles. The van der Waals surface area contributed by atoms with Gasteiger partial charge in [-0.25, -0.2) is 0 Å². The third-order valence-electron chi connectivity index (χ3n) is 2.25. The summed E-state index contributed by atoms with van der Waals surface area (Å²) in [5.74, 6) is 0.140. The van der Waals surface area contributed by atoms with Gasteiger partial charge >= 0.3 is 0 Å². The van der Waals surface area contributed by atoms with Gasteiger partial charge in [0.05, 0.1) is 5.69 Å². The third kappa shape index (κ3) is 2.10. The van der Waals surface area contributed by atoms with E-state index in [4.69, 9.17) is 0 Å². The number of phenolic OH excluding ortho intramolecular Hbond substituents is 1. The molecular formula is C13H12NO. The van der Waals surface area contributed by atoms with E-state index in [1.807, 2.05) is 43.3 Å². The van der Waals surface area contributed by atoms with Crippen LogP contribution < -0.4 is 5.32 Å². The molecule has 2 N–H and O–H groups in total. The fourth-order valence-corrected chi connectivity index (χ4v) is 1.39. The van der Waals surface area contributed by atoms with Crippen LogP contribution in [-0.4, -0.2) is 5.11 Å². The molecule has 2 heteroatoms. The molecule has 15 heavy (non-hydrogen) atoms. The molecule has 1 radical (unpaired) electrons. The maximum absolute atomic E-state index is 9.54. The molecule has 2 aromatic rings. The van der Waals surface area contributed by atoms with E-state index in [0.717, 1.165) is 11.3 Å². The Bertz CT molecular complexity index is 422. The molecule has 0 heterocycles. The number of rotatable bonds is 2. The Morgan fingerprint density at radius 1 is 1.07 bits per heavy atom. The number of aromatic hydroxyl groups is 1. The molecule has 75 valence electrons.